The number of fused-ring (bicyclic) bond motifs is 1. The molecule has 1 fully saturated rings. The van der Waals surface area contributed by atoms with E-state index < -0.39 is 0 Å². The summed E-state index contributed by atoms with van der Waals surface area (Å²) in [5, 5.41) is 12.5. The van der Waals surface area contributed by atoms with Crippen LogP contribution in [0.4, 0.5) is 5.82 Å². The Balaban J connectivity index is 1.37. The summed E-state index contributed by atoms with van der Waals surface area (Å²) in [6.45, 7) is 4.82. The van der Waals surface area contributed by atoms with Gasteiger partial charge in [0.1, 0.15) is 25.0 Å². The smallest absolute Gasteiger partial charge is 0.259 e. The molecule has 8 nitrogen and oxygen atoms in total. The minimum Gasteiger partial charge on any atom is -0.367 e. The van der Waals surface area contributed by atoms with Crippen LogP contribution in [0.15, 0.2) is 41.1 Å². The van der Waals surface area contributed by atoms with Gasteiger partial charge in [-0.15, -0.1) is 0 Å². The Morgan fingerprint density at radius 3 is 2.70 bits per heavy atom. The molecule has 1 amide bonds. The van der Waals surface area contributed by atoms with E-state index >= 15 is 0 Å². The van der Waals surface area contributed by atoms with Crippen molar-refractivity contribution in [2.45, 2.75) is 32.7 Å². The Morgan fingerprint density at radius 2 is 2.00 bits per heavy atom. The van der Waals surface area contributed by atoms with Crippen LogP contribution < -0.4 is 10.8 Å². The number of benzene rings is 1. The fourth-order valence-corrected chi connectivity index (χ4v) is 4.50. The Kier molecular flexibility index (Phi) is 5.58. The normalized spacial score (nSPS) is 14.7. The van der Waals surface area contributed by atoms with E-state index in [0.717, 1.165) is 24.2 Å². The summed E-state index contributed by atoms with van der Waals surface area (Å²) < 4.78 is 6.87. The molecule has 1 aliphatic rings. The van der Waals surface area contributed by atoms with E-state index in [1.807, 2.05) is 35.2 Å². The lowest BCUT2D eigenvalue weighted by atomic mass is 10.0. The lowest BCUT2D eigenvalue weighted by Gasteiger charge is -2.33. The first-order chi connectivity index (χ1) is 15.9. The zero-order valence-electron chi connectivity index (χ0n) is 18.4. The van der Waals surface area contributed by atoms with Gasteiger partial charge in [-0.1, -0.05) is 35.0 Å². The van der Waals surface area contributed by atoms with E-state index in [9.17, 15) is 4.79 Å². The van der Waals surface area contributed by atoms with Crippen molar-refractivity contribution in [1.29, 1.82) is 0 Å². The molecular weight excluding hydrogens is 439 g/mol. The number of halogens is 1. The van der Waals surface area contributed by atoms with Gasteiger partial charge in [0.05, 0.1) is 11.4 Å². The molecule has 0 bridgehead atoms. The summed E-state index contributed by atoms with van der Waals surface area (Å²) in [6.07, 6.45) is 3.17. The van der Waals surface area contributed by atoms with Crippen LogP contribution in [0.2, 0.25) is 5.02 Å². The molecule has 0 atom stereocenters. The van der Waals surface area contributed by atoms with Crippen LogP contribution in [0.1, 0.15) is 34.7 Å². The van der Waals surface area contributed by atoms with Gasteiger partial charge in [0.2, 0.25) is 0 Å². The largest absolute Gasteiger partial charge is 0.367 e. The quantitative estimate of drug-likeness (QED) is 0.471. The average molecular weight is 461 g/mol. The number of hydrogen-bond acceptors (Lipinski definition) is 6. The topological polar surface area (TPSA) is 88.6 Å². The summed E-state index contributed by atoms with van der Waals surface area (Å²) in [4.78, 5) is 19.5. The Hall–Kier alpha value is -3.33. The van der Waals surface area contributed by atoms with Gasteiger partial charge in [0.15, 0.2) is 5.65 Å². The molecule has 1 aliphatic heterocycles. The number of aromatic nitrogens is 4. The summed E-state index contributed by atoms with van der Waals surface area (Å²) >= 11 is 6.42. The third-order valence-corrected chi connectivity index (χ3v) is 6.36. The molecule has 166 valence electrons. The van der Waals surface area contributed by atoms with Crippen molar-refractivity contribution in [3.63, 3.8) is 0 Å². The third kappa shape index (κ3) is 3.97. The van der Waals surface area contributed by atoms with Gasteiger partial charge in [-0.2, -0.15) is 9.61 Å². The second-order valence-corrected chi connectivity index (χ2v) is 8.66. The van der Waals surface area contributed by atoms with Crippen molar-refractivity contribution >= 4 is 42.3 Å². The van der Waals surface area contributed by atoms with Crippen LogP contribution in [0, 0.1) is 13.8 Å². The van der Waals surface area contributed by atoms with Crippen molar-refractivity contribution in [3.8, 4) is 11.3 Å². The van der Waals surface area contributed by atoms with Gasteiger partial charge in [-0.05, 0) is 38.2 Å². The molecule has 33 heavy (non-hydrogen) atoms. The molecule has 0 aliphatic carbocycles. The van der Waals surface area contributed by atoms with Gasteiger partial charge >= 0.3 is 0 Å². The Bertz CT molecular complexity index is 1320. The van der Waals surface area contributed by atoms with Crippen LogP contribution >= 0.6 is 11.6 Å². The maximum Gasteiger partial charge on any atom is 0.259 e. The molecule has 1 saturated heterocycles. The average Bonchev–Trinajstić information content (AvgIpc) is 3.35. The monoisotopic (exact) mass is 460 g/mol. The van der Waals surface area contributed by atoms with Gasteiger partial charge in [0, 0.05) is 42.0 Å². The zero-order chi connectivity index (χ0) is 23.1. The molecule has 1 N–H and O–H groups in total. The predicted octanol–water partition coefficient (Wildman–Crippen LogP) is 3.17. The van der Waals surface area contributed by atoms with E-state index in [-0.39, 0.29) is 11.9 Å². The van der Waals surface area contributed by atoms with E-state index in [4.69, 9.17) is 24.0 Å². The van der Waals surface area contributed by atoms with E-state index in [0.29, 0.717) is 51.9 Å². The molecule has 2 radical (unpaired) electrons. The number of likely N-dealkylation sites (tertiary alicyclic amines) is 1. The number of nitrogens with zero attached hydrogens (tertiary/aromatic N) is 5. The molecule has 1 aromatic carbocycles. The van der Waals surface area contributed by atoms with Crippen LogP contribution in [0.3, 0.4) is 0 Å². The number of nitrogens with one attached hydrogen (secondary N) is 1. The number of anilines is 1. The standard InChI is InChI=1S/C23H22BClN6O2/c1-13-21(14(2)33-29-13)23(32)30-9-7-15(8-10-30)27-20-11-19(16-5-3-4-6-18(16)25)28-22-17(24)12-26-31(20)22/h3-6,11-12,15,27H,7-10H2,1-2H3. The highest BCUT2D eigenvalue weighted by Crippen LogP contribution is 2.29. The first-order valence-electron chi connectivity index (χ1n) is 10.8. The number of carbonyl (C=O) groups excluding carboxylic acids is 1. The summed E-state index contributed by atoms with van der Waals surface area (Å²) in [5.41, 5.74) is 3.79. The zero-order valence-corrected chi connectivity index (χ0v) is 19.1. The van der Waals surface area contributed by atoms with Gasteiger partial charge in [-0.3, -0.25) is 4.79 Å². The fourth-order valence-electron chi connectivity index (χ4n) is 4.27. The SMILES string of the molecule is [B]c1cnn2c(NC3CCN(C(=O)c4c(C)noc4C)CC3)cc(-c3ccccc3Cl)nc12. The summed E-state index contributed by atoms with van der Waals surface area (Å²) in [5.74, 6) is 1.30. The molecular formula is C23H22BClN6O2. The number of hydrogen-bond donors (Lipinski definition) is 1. The second kappa shape index (κ2) is 8.55. The molecule has 4 heterocycles. The molecule has 10 heteroatoms. The van der Waals surface area contributed by atoms with Crippen LogP contribution in [-0.4, -0.2) is 57.5 Å². The molecule has 0 spiro atoms. The second-order valence-electron chi connectivity index (χ2n) is 8.25. The van der Waals surface area contributed by atoms with Gasteiger partial charge < -0.3 is 14.7 Å². The van der Waals surface area contributed by atoms with Crippen molar-refractivity contribution in [3.05, 3.63) is 58.6 Å². The Morgan fingerprint density at radius 1 is 1.24 bits per heavy atom. The summed E-state index contributed by atoms with van der Waals surface area (Å²) in [6, 6.07) is 9.66. The van der Waals surface area contributed by atoms with E-state index in [1.54, 1.807) is 24.6 Å². The van der Waals surface area contributed by atoms with Crippen molar-refractivity contribution < 1.29 is 9.32 Å². The van der Waals surface area contributed by atoms with Crippen molar-refractivity contribution in [1.82, 2.24) is 24.7 Å². The van der Waals surface area contributed by atoms with Crippen molar-refractivity contribution in [2.24, 2.45) is 0 Å². The maximum absolute atomic E-state index is 12.9. The fraction of sp³-hybridized carbons (Fsp3) is 0.304. The first-order valence-corrected chi connectivity index (χ1v) is 11.2. The molecule has 3 aromatic heterocycles. The highest BCUT2D eigenvalue weighted by atomic mass is 35.5. The third-order valence-electron chi connectivity index (χ3n) is 6.03. The molecule has 4 aromatic rings. The number of rotatable bonds is 4. The lowest BCUT2D eigenvalue weighted by molar-refractivity contribution is 0.0716. The maximum atomic E-state index is 12.9. The molecule has 0 unspecified atom stereocenters. The van der Waals surface area contributed by atoms with Crippen LogP contribution in [0.5, 0.6) is 0 Å². The number of carbonyl (C=O) groups is 1. The van der Waals surface area contributed by atoms with Crippen LogP contribution in [0.25, 0.3) is 16.9 Å². The highest BCUT2D eigenvalue weighted by molar-refractivity contribution is 6.36. The van der Waals surface area contributed by atoms with Gasteiger partial charge in [-0.25, -0.2) is 4.98 Å². The van der Waals surface area contributed by atoms with Crippen molar-refractivity contribution in [2.75, 3.05) is 18.4 Å². The predicted molar refractivity (Wildman–Crippen MR) is 127 cm³/mol. The minimum absolute atomic E-state index is 0.0307. The minimum atomic E-state index is -0.0307. The number of amides is 1. The Labute approximate surface area is 197 Å². The lowest BCUT2D eigenvalue weighted by Crippen LogP contribution is -2.42. The first kappa shape index (κ1) is 21.5. The van der Waals surface area contributed by atoms with Gasteiger partial charge in [0.25, 0.3) is 5.91 Å². The van der Waals surface area contributed by atoms with E-state index in [2.05, 4.69) is 20.6 Å². The number of aryl methyl sites for hydroxylation is 2. The van der Waals surface area contributed by atoms with E-state index in [1.165, 1.54) is 0 Å². The molecule has 5 rings (SSSR count). The highest BCUT2D eigenvalue weighted by Gasteiger charge is 2.28. The number of piperidine rings is 1. The molecule has 0 saturated carbocycles. The summed E-state index contributed by atoms with van der Waals surface area (Å²) in [7, 11) is 6.12. The van der Waals surface area contributed by atoms with Crippen LogP contribution in [-0.2, 0) is 0 Å².